The quantitative estimate of drug-likeness (QED) is 0.578. The van der Waals surface area contributed by atoms with Crippen LogP contribution < -0.4 is 0 Å². The van der Waals surface area contributed by atoms with E-state index in [-0.39, 0.29) is 6.10 Å². The van der Waals surface area contributed by atoms with E-state index in [0.29, 0.717) is 0 Å². The third kappa shape index (κ3) is 4.56. The van der Waals surface area contributed by atoms with Gasteiger partial charge in [-0.2, -0.15) is 0 Å². The molecule has 84 valence electrons. The van der Waals surface area contributed by atoms with Crippen LogP contribution in [0.4, 0.5) is 0 Å². The highest BCUT2D eigenvalue weighted by atomic mass is 35.5. The molecular weight excluding hydrogens is 247 g/mol. The van der Waals surface area contributed by atoms with E-state index >= 15 is 0 Å². The number of benzene rings is 1. The molecule has 1 aromatic rings. The van der Waals surface area contributed by atoms with Crippen LogP contribution in [0.15, 0.2) is 30.3 Å². The lowest BCUT2D eigenvalue weighted by atomic mass is 10.1. The summed E-state index contributed by atoms with van der Waals surface area (Å²) in [5, 5.41) is 0. The zero-order chi connectivity index (χ0) is 11.5. The van der Waals surface area contributed by atoms with Crippen molar-refractivity contribution in [2.75, 3.05) is 0 Å². The van der Waals surface area contributed by atoms with Gasteiger partial charge in [-0.05, 0) is 25.2 Å². The van der Waals surface area contributed by atoms with E-state index in [4.69, 9.17) is 27.6 Å². The van der Waals surface area contributed by atoms with Crippen LogP contribution >= 0.6 is 23.2 Å². The van der Waals surface area contributed by atoms with Crippen molar-refractivity contribution in [1.82, 2.24) is 0 Å². The smallest absolute Gasteiger partial charge is 0.184 e. The molecule has 0 heterocycles. The van der Waals surface area contributed by atoms with Crippen molar-refractivity contribution in [1.29, 1.82) is 0 Å². The molecule has 0 aliphatic carbocycles. The molecule has 0 saturated carbocycles. The van der Waals surface area contributed by atoms with Crippen molar-refractivity contribution in [3.05, 3.63) is 35.9 Å². The summed E-state index contributed by atoms with van der Waals surface area (Å²) in [6, 6.07) is 9.87. The average Bonchev–Trinajstić information content (AvgIpc) is 2.14. The van der Waals surface area contributed by atoms with Crippen LogP contribution in [-0.2, 0) is 4.43 Å². The number of rotatable bonds is 4. The van der Waals surface area contributed by atoms with Crippen molar-refractivity contribution in [2.45, 2.75) is 30.6 Å². The van der Waals surface area contributed by atoms with Gasteiger partial charge in [0.1, 0.15) is 10.9 Å². The third-order valence-corrected chi connectivity index (χ3v) is 3.26. The fraction of sp³-hybridized carbons (Fsp3) is 0.455. The Hall–Kier alpha value is -0.0231. The predicted octanol–water partition coefficient (Wildman–Crippen LogP) is 4.38. The highest BCUT2D eigenvalue weighted by Gasteiger charge is 2.26. The molecule has 0 fully saturated rings. The molecule has 15 heavy (non-hydrogen) atoms. The Bertz CT molecular complexity index is 295. The highest BCUT2D eigenvalue weighted by molar-refractivity contribution is 6.69. The first-order valence-electron chi connectivity index (χ1n) is 4.91. The molecular formula is C11H16Cl2OSi. The summed E-state index contributed by atoms with van der Waals surface area (Å²) in [5.74, 6) is 0. The second kappa shape index (κ2) is 5.35. The largest absolute Gasteiger partial charge is 0.408 e. The van der Waals surface area contributed by atoms with E-state index in [2.05, 4.69) is 19.6 Å². The first-order chi connectivity index (χ1) is 6.90. The van der Waals surface area contributed by atoms with Crippen LogP contribution in [0.2, 0.25) is 19.6 Å². The zero-order valence-corrected chi connectivity index (χ0v) is 11.7. The Morgan fingerprint density at radius 1 is 1.07 bits per heavy atom. The summed E-state index contributed by atoms with van der Waals surface area (Å²) in [4.78, 5) is -0.529. The van der Waals surface area contributed by atoms with Gasteiger partial charge in [-0.3, -0.25) is 0 Å². The minimum Gasteiger partial charge on any atom is -0.408 e. The predicted molar refractivity (Wildman–Crippen MR) is 69.1 cm³/mol. The first-order valence-corrected chi connectivity index (χ1v) is 9.19. The molecule has 1 atom stereocenters. The number of hydrogen-bond donors (Lipinski definition) is 0. The first kappa shape index (κ1) is 13.0. The average molecular weight is 263 g/mol. The molecule has 0 aliphatic rings. The normalized spacial score (nSPS) is 14.3. The van der Waals surface area contributed by atoms with Crippen LogP contribution in [0.5, 0.6) is 0 Å². The summed E-state index contributed by atoms with van der Waals surface area (Å²) < 4.78 is 5.96. The molecule has 0 bridgehead atoms. The van der Waals surface area contributed by atoms with Crippen LogP contribution in [0, 0.1) is 0 Å². The molecule has 4 heteroatoms. The summed E-state index contributed by atoms with van der Waals surface area (Å²) in [7, 11) is -1.63. The fourth-order valence-electron chi connectivity index (χ4n) is 1.29. The molecule has 0 amide bonds. The van der Waals surface area contributed by atoms with E-state index in [9.17, 15) is 0 Å². The van der Waals surface area contributed by atoms with Crippen molar-refractivity contribution in [2.24, 2.45) is 0 Å². The Morgan fingerprint density at radius 3 is 2.00 bits per heavy atom. The molecule has 0 radical (unpaired) electrons. The SMILES string of the molecule is C[Si](C)(C)OC(c1ccccc1)C(Cl)Cl. The maximum Gasteiger partial charge on any atom is 0.184 e. The minimum atomic E-state index is -1.63. The summed E-state index contributed by atoms with van der Waals surface area (Å²) in [6.07, 6.45) is -0.221. The minimum absolute atomic E-state index is 0.221. The highest BCUT2D eigenvalue weighted by Crippen LogP contribution is 2.30. The molecule has 1 rings (SSSR count). The Morgan fingerprint density at radius 2 is 1.60 bits per heavy atom. The van der Waals surface area contributed by atoms with E-state index in [1.54, 1.807) is 0 Å². The molecule has 0 spiro atoms. The van der Waals surface area contributed by atoms with Gasteiger partial charge in [0.05, 0.1) is 0 Å². The van der Waals surface area contributed by atoms with Gasteiger partial charge in [0.15, 0.2) is 8.32 Å². The lowest BCUT2D eigenvalue weighted by molar-refractivity contribution is 0.213. The molecule has 0 aromatic heterocycles. The van der Waals surface area contributed by atoms with Gasteiger partial charge in [-0.1, -0.05) is 30.3 Å². The molecule has 0 saturated heterocycles. The Kier molecular flexibility index (Phi) is 4.65. The van der Waals surface area contributed by atoms with Crippen molar-refractivity contribution >= 4 is 31.5 Å². The fourth-order valence-corrected chi connectivity index (χ4v) is 2.89. The Labute approximate surface area is 102 Å². The summed E-state index contributed by atoms with van der Waals surface area (Å²) >= 11 is 11.9. The molecule has 1 aromatic carbocycles. The molecule has 0 N–H and O–H groups in total. The van der Waals surface area contributed by atoms with Crippen LogP contribution in [0.1, 0.15) is 11.7 Å². The number of hydrogen-bond acceptors (Lipinski definition) is 1. The van der Waals surface area contributed by atoms with Crippen molar-refractivity contribution < 1.29 is 4.43 Å². The molecule has 0 aliphatic heterocycles. The maximum absolute atomic E-state index is 5.96. The van der Waals surface area contributed by atoms with E-state index in [1.165, 1.54) is 0 Å². The lowest BCUT2D eigenvalue weighted by Crippen LogP contribution is -2.30. The van der Waals surface area contributed by atoms with Crippen molar-refractivity contribution in [3.8, 4) is 0 Å². The summed E-state index contributed by atoms with van der Waals surface area (Å²) in [5.41, 5.74) is 1.04. The van der Waals surface area contributed by atoms with Gasteiger partial charge in [0.2, 0.25) is 0 Å². The van der Waals surface area contributed by atoms with Crippen LogP contribution in [0.25, 0.3) is 0 Å². The Balaban J connectivity index is 2.85. The lowest BCUT2D eigenvalue weighted by Gasteiger charge is -2.27. The standard InChI is InChI=1S/C11H16Cl2OSi/c1-15(2,3)14-10(11(12)13)9-7-5-4-6-8-9/h4-8,10-11H,1-3H3. The van der Waals surface area contributed by atoms with Crippen LogP contribution in [0.3, 0.4) is 0 Å². The van der Waals surface area contributed by atoms with Gasteiger partial charge in [-0.25, -0.2) is 0 Å². The number of alkyl halides is 2. The second-order valence-corrected chi connectivity index (χ2v) is 10.0. The molecule has 1 nitrogen and oxygen atoms in total. The van der Waals surface area contributed by atoms with Gasteiger partial charge < -0.3 is 4.43 Å². The van der Waals surface area contributed by atoms with Gasteiger partial charge in [0, 0.05) is 0 Å². The van der Waals surface area contributed by atoms with Gasteiger partial charge >= 0.3 is 0 Å². The second-order valence-electron chi connectivity index (χ2n) is 4.40. The third-order valence-electron chi connectivity index (χ3n) is 1.84. The van der Waals surface area contributed by atoms with Crippen LogP contribution in [-0.4, -0.2) is 13.2 Å². The topological polar surface area (TPSA) is 9.23 Å². The number of halogens is 2. The van der Waals surface area contributed by atoms with Gasteiger partial charge in [0.25, 0.3) is 0 Å². The van der Waals surface area contributed by atoms with E-state index in [1.807, 2.05) is 30.3 Å². The summed E-state index contributed by atoms with van der Waals surface area (Å²) in [6.45, 7) is 6.37. The zero-order valence-electron chi connectivity index (χ0n) is 9.21. The van der Waals surface area contributed by atoms with E-state index < -0.39 is 13.2 Å². The van der Waals surface area contributed by atoms with Crippen molar-refractivity contribution in [3.63, 3.8) is 0 Å². The molecule has 1 unspecified atom stereocenters. The monoisotopic (exact) mass is 262 g/mol. The van der Waals surface area contributed by atoms with Gasteiger partial charge in [-0.15, -0.1) is 23.2 Å². The maximum atomic E-state index is 5.96. The van der Waals surface area contributed by atoms with E-state index in [0.717, 1.165) is 5.56 Å².